The van der Waals surface area contributed by atoms with Crippen molar-refractivity contribution in [1.29, 1.82) is 0 Å². The standard InChI is InChI=1S/C16H20O2/c1-9(2)15(17)13(6)16(18)14-11(4)7-10(3)8-12(14)5/h7-9H,6H2,1-5H3. The number of hydrogen-bond acceptors (Lipinski definition) is 2. The lowest BCUT2D eigenvalue weighted by Gasteiger charge is -2.12. The molecule has 0 saturated heterocycles. The summed E-state index contributed by atoms with van der Waals surface area (Å²) < 4.78 is 0. The third kappa shape index (κ3) is 2.76. The first-order chi connectivity index (χ1) is 8.25. The Labute approximate surface area is 109 Å². The lowest BCUT2D eigenvalue weighted by atomic mass is 9.90. The fourth-order valence-corrected chi connectivity index (χ4v) is 2.15. The quantitative estimate of drug-likeness (QED) is 0.351. The topological polar surface area (TPSA) is 34.1 Å². The van der Waals surface area contributed by atoms with E-state index in [9.17, 15) is 9.59 Å². The number of carbonyl (C=O) groups is 2. The van der Waals surface area contributed by atoms with Gasteiger partial charge in [0.05, 0.1) is 5.57 Å². The van der Waals surface area contributed by atoms with E-state index < -0.39 is 0 Å². The molecule has 0 unspecified atom stereocenters. The van der Waals surface area contributed by atoms with Gasteiger partial charge in [0.25, 0.3) is 0 Å². The van der Waals surface area contributed by atoms with Gasteiger partial charge < -0.3 is 0 Å². The Morgan fingerprint density at radius 3 is 1.89 bits per heavy atom. The van der Waals surface area contributed by atoms with Crippen LogP contribution in [0.1, 0.15) is 40.9 Å². The van der Waals surface area contributed by atoms with E-state index in [1.807, 2.05) is 32.9 Å². The molecule has 0 aromatic heterocycles. The average Bonchev–Trinajstić information content (AvgIpc) is 2.25. The van der Waals surface area contributed by atoms with Crippen LogP contribution < -0.4 is 0 Å². The lowest BCUT2D eigenvalue weighted by Crippen LogP contribution is -2.18. The van der Waals surface area contributed by atoms with E-state index in [0.29, 0.717) is 5.56 Å². The summed E-state index contributed by atoms with van der Waals surface area (Å²) >= 11 is 0. The highest BCUT2D eigenvalue weighted by molar-refractivity contribution is 6.27. The number of rotatable bonds is 4. The van der Waals surface area contributed by atoms with Gasteiger partial charge in [-0.1, -0.05) is 38.1 Å². The molecule has 0 saturated carbocycles. The van der Waals surface area contributed by atoms with Gasteiger partial charge in [-0.3, -0.25) is 9.59 Å². The normalized spacial score (nSPS) is 10.6. The Kier molecular flexibility index (Phi) is 4.23. The minimum absolute atomic E-state index is 0.0834. The molecule has 96 valence electrons. The monoisotopic (exact) mass is 244 g/mol. The van der Waals surface area contributed by atoms with Gasteiger partial charge in [0, 0.05) is 11.5 Å². The van der Waals surface area contributed by atoms with Crippen molar-refractivity contribution in [3.05, 3.63) is 46.5 Å². The molecule has 0 aliphatic rings. The fraction of sp³-hybridized carbons (Fsp3) is 0.375. The van der Waals surface area contributed by atoms with E-state index >= 15 is 0 Å². The molecule has 18 heavy (non-hydrogen) atoms. The molecule has 0 radical (unpaired) electrons. The fourth-order valence-electron chi connectivity index (χ4n) is 2.15. The SMILES string of the molecule is C=C(C(=O)c1c(C)cc(C)cc1C)C(=O)C(C)C. The third-order valence-electron chi connectivity index (χ3n) is 3.00. The molecule has 0 aliphatic heterocycles. The van der Waals surface area contributed by atoms with Crippen LogP contribution >= 0.6 is 0 Å². The van der Waals surface area contributed by atoms with Crippen molar-refractivity contribution in [2.24, 2.45) is 5.92 Å². The lowest BCUT2D eigenvalue weighted by molar-refractivity contribution is -0.117. The molecule has 0 spiro atoms. The minimum atomic E-state index is -0.247. The molecule has 0 bridgehead atoms. The zero-order valence-electron chi connectivity index (χ0n) is 11.8. The van der Waals surface area contributed by atoms with Gasteiger partial charge in [-0.25, -0.2) is 0 Å². The number of allylic oxidation sites excluding steroid dienone is 1. The van der Waals surface area contributed by atoms with Crippen molar-refractivity contribution in [2.45, 2.75) is 34.6 Å². The number of Topliss-reactive ketones (excluding diaryl/α,β-unsaturated/α-hetero) is 2. The molecule has 1 rings (SSSR count). The largest absolute Gasteiger partial charge is 0.294 e. The summed E-state index contributed by atoms with van der Waals surface area (Å²) in [6, 6.07) is 3.90. The average molecular weight is 244 g/mol. The van der Waals surface area contributed by atoms with Crippen LogP contribution in [0.5, 0.6) is 0 Å². The Bertz CT molecular complexity index is 499. The summed E-state index contributed by atoms with van der Waals surface area (Å²) in [6.45, 7) is 13.0. The van der Waals surface area contributed by atoms with Crippen molar-refractivity contribution >= 4 is 11.6 Å². The maximum absolute atomic E-state index is 12.3. The molecule has 0 N–H and O–H groups in total. The molecule has 2 nitrogen and oxygen atoms in total. The van der Waals surface area contributed by atoms with Gasteiger partial charge in [0.1, 0.15) is 0 Å². The molecule has 0 amide bonds. The molecule has 1 aromatic carbocycles. The van der Waals surface area contributed by atoms with Crippen molar-refractivity contribution in [1.82, 2.24) is 0 Å². The number of carbonyl (C=O) groups excluding carboxylic acids is 2. The minimum Gasteiger partial charge on any atom is -0.294 e. The highest BCUT2D eigenvalue weighted by atomic mass is 16.1. The van der Waals surface area contributed by atoms with Gasteiger partial charge in [-0.05, 0) is 31.9 Å². The summed E-state index contributed by atoms with van der Waals surface area (Å²) in [5.41, 5.74) is 3.60. The highest BCUT2D eigenvalue weighted by Crippen LogP contribution is 2.20. The van der Waals surface area contributed by atoms with Gasteiger partial charge in [-0.2, -0.15) is 0 Å². The first kappa shape index (κ1) is 14.4. The van der Waals surface area contributed by atoms with E-state index in [4.69, 9.17) is 0 Å². The van der Waals surface area contributed by atoms with E-state index in [1.54, 1.807) is 13.8 Å². The van der Waals surface area contributed by atoms with Crippen LogP contribution in [0.15, 0.2) is 24.3 Å². The van der Waals surface area contributed by atoms with Crippen molar-refractivity contribution in [3.63, 3.8) is 0 Å². The van der Waals surface area contributed by atoms with Crippen molar-refractivity contribution < 1.29 is 9.59 Å². The summed E-state index contributed by atoms with van der Waals surface area (Å²) in [7, 11) is 0. The molecular formula is C16H20O2. The summed E-state index contributed by atoms with van der Waals surface area (Å²) in [5, 5.41) is 0. The second kappa shape index (κ2) is 5.30. The van der Waals surface area contributed by atoms with E-state index in [2.05, 4.69) is 6.58 Å². The maximum Gasteiger partial charge on any atom is 0.196 e. The van der Waals surface area contributed by atoms with E-state index in [-0.39, 0.29) is 23.1 Å². The summed E-state index contributed by atoms with van der Waals surface area (Å²) in [4.78, 5) is 24.1. The molecule has 0 aliphatic carbocycles. The zero-order valence-corrected chi connectivity index (χ0v) is 11.8. The van der Waals surface area contributed by atoms with Crippen LogP contribution in [-0.2, 0) is 4.79 Å². The second-order valence-corrected chi connectivity index (χ2v) is 5.10. The first-order valence-corrected chi connectivity index (χ1v) is 6.11. The number of hydrogen-bond donors (Lipinski definition) is 0. The number of aryl methyl sites for hydroxylation is 3. The van der Waals surface area contributed by atoms with Crippen molar-refractivity contribution in [3.8, 4) is 0 Å². The molecule has 0 atom stereocenters. The van der Waals surface area contributed by atoms with Gasteiger partial charge >= 0.3 is 0 Å². The third-order valence-corrected chi connectivity index (χ3v) is 3.00. The smallest absolute Gasteiger partial charge is 0.196 e. The molecule has 1 aromatic rings. The Morgan fingerprint density at radius 2 is 1.50 bits per heavy atom. The Balaban J connectivity index is 3.20. The highest BCUT2D eigenvalue weighted by Gasteiger charge is 2.22. The zero-order chi connectivity index (χ0) is 14.0. The van der Waals surface area contributed by atoms with Crippen LogP contribution in [0.3, 0.4) is 0 Å². The van der Waals surface area contributed by atoms with Crippen LogP contribution in [0.2, 0.25) is 0 Å². The number of ketones is 2. The summed E-state index contributed by atoms with van der Waals surface area (Å²) in [6.07, 6.45) is 0. The molecular weight excluding hydrogens is 224 g/mol. The Hall–Kier alpha value is -1.70. The van der Waals surface area contributed by atoms with E-state index in [1.165, 1.54) is 0 Å². The van der Waals surface area contributed by atoms with Crippen LogP contribution in [-0.4, -0.2) is 11.6 Å². The predicted molar refractivity (Wildman–Crippen MR) is 74.0 cm³/mol. The van der Waals surface area contributed by atoms with Crippen molar-refractivity contribution in [2.75, 3.05) is 0 Å². The van der Waals surface area contributed by atoms with Crippen LogP contribution in [0, 0.1) is 26.7 Å². The van der Waals surface area contributed by atoms with Crippen LogP contribution in [0.25, 0.3) is 0 Å². The first-order valence-electron chi connectivity index (χ1n) is 6.11. The summed E-state index contributed by atoms with van der Waals surface area (Å²) in [5.74, 6) is -0.629. The van der Waals surface area contributed by atoms with Gasteiger partial charge in [0.15, 0.2) is 11.6 Å². The van der Waals surface area contributed by atoms with Gasteiger partial charge in [0.2, 0.25) is 0 Å². The van der Waals surface area contributed by atoms with Gasteiger partial charge in [-0.15, -0.1) is 0 Å². The maximum atomic E-state index is 12.3. The van der Waals surface area contributed by atoms with Crippen LogP contribution in [0.4, 0.5) is 0 Å². The molecule has 0 heterocycles. The molecule has 0 fully saturated rings. The van der Waals surface area contributed by atoms with E-state index in [0.717, 1.165) is 16.7 Å². The Morgan fingerprint density at radius 1 is 1.06 bits per heavy atom. The second-order valence-electron chi connectivity index (χ2n) is 5.10. The predicted octanol–water partition coefficient (Wildman–Crippen LogP) is 3.58. The molecule has 2 heteroatoms. The number of benzene rings is 1.